The predicted molar refractivity (Wildman–Crippen MR) is 118 cm³/mol. The molecule has 1 aromatic heterocycles. The molecule has 0 fully saturated rings. The summed E-state index contributed by atoms with van der Waals surface area (Å²) in [5, 5.41) is 3.83. The van der Waals surface area contributed by atoms with Crippen LogP contribution in [0.2, 0.25) is 0 Å². The summed E-state index contributed by atoms with van der Waals surface area (Å²) in [5.41, 5.74) is 3.58. The first-order valence-electron chi connectivity index (χ1n) is 9.79. The summed E-state index contributed by atoms with van der Waals surface area (Å²) in [7, 11) is -3.37. The van der Waals surface area contributed by atoms with E-state index in [0.29, 0.717) is 17.8 Å². The van der Waals surface area contributed by atoms with Crippen LogP contribution in [0.25, 0.3) is 10.9 Å². The van der Waals surface area contributed by atoms with E-state index >= 15 is 0 Å². The van der Waals surface area contributed by atoms with Crippen LogP contribution in [0.5, 0.6) is 0 Å². The van der Waals surface area contributed by atoms with Crippen molar-refractivity contribution in [3.05, 3.63) is 65.4 Å². The van der Waals surface area contributed by atoms with E-state index in [2.05, 4.69) is 15.0 Å². The van der Waals surface area contributed by atoms with Gasteiger partial charge in [-0.1, -0.05) is 43.7 Å². The van der Waals surface area contributed by atoms with Gasteiger partial charge >= 0.3 is 0 Å². The van der Waals surface area contributed by atoms with Crippen molar-refractivity contribution in [3.63, 3.8) is 0 Å². The van der Waals surface area contributed by atoms with E-state index in [1.807, 2.05) is 51.1 Å². The molecule has 154 valence electrons. The highest BCUT2D eigenvalue weighted by atomic mass is 32.2. The number of hydrogen-bond acceptors (Lipinski definition) is 3. The molecule has 0 saturated heterocycles. The maximum Gasteiger partial charge on any atom is 0.268 e. The standard InChI is InChI=1S/C22H27N3O3S/c1-4-5-13-29(27,28)25-18-11-12-20-19(14-18)15(2)21(24-20)22(26)23-16(3)17-9-7-6-8-10-17/h6-12,14,16,24-25H,4-5,13H2,1-3H3,(H,23,26)/t16-/m0/s1. The number of carbonyl (C=O) groups excluding carboxylic acids is 1. The lowest BCUT2D eigenvalue weighted by Crippen LogP contribution is -2.27. The van der Waals surface area contributed by atoms with Crippen molar-refractivity contribution in [1.82, 2.24) is 10.3 Å². The largest absolute Gasteiger partial charge is 0.350 e. The van der Waals surface area contributed by atoms with E-state index in [0.717, 1.165) is 28.5 Å². The van der Waals surface area contributed by atoms with Gasteiger partial charge in [0, 0.05) is 16.6 Å². The molecule has 1 heterocycles. The first-order chi connectivity index (χ1) is 13.8. The lowest BCUT2D eigenvalue weighted by Gasteiger charge is -2.14. The van der Waals surface area contributed by atoms with Crippen LogP contribution in [0.3, 0.4) is 0 Å². The topological polar surface area (TPSA) is 91.1 Å². The van der Waals surface area contributed by atoms with Gasteiger partial charge in [0.25, 0.3) is 5.91 Å². The molecule has 0 bridgehead atoms. The molecule has 0 aliphatic heterocycles. The first-order valence-corrected chi connectivity index (χ1v) is 11.4. The van der Waals surface area contributed by atoms with Crippen molar-refractivity contribution in [2.24, 2.45) is 0 Å². The molecule has 2 aromatic carbocycles. The van der Waals surface area contributed by atoms with Gasteiger partial charge in [0.15, 0.2) is 0 Å². The number of H-pyrrole nitrogens is 1. The Hall–Kier alpha value is -2.80. The van der Waals surface area contributed by atoms with Gasteiger partial charge in [0.1, 0.15) is 5.69 Å². The van der Waals surface area contributed by atoms with Crippen molar-refractivity contribution < 1.29 is 13.2 Å². The normalized spacial score (nSPS) is 12.7. The molecule has 1 amide bonds. The zero-order valence-corrected chi connectivity index (χ0v) is 17.8. The van der Waals surface area contributed by atoms with Gasteiger partial charge in [-0.15, -0.1) is 0 Å². The number of fused-ring (bicyclic) bond motifs is 1. The average Bonchev–Trinajstić information content (AvgIpc) is 3.03. The quantitative estimate of drug-likeness (QED) is 0.507. The zero-order valence-electron chi connectivity index (χ0n) is 17.0. The van der Waals surface area contributed by atoms with Crippen molar-refractivity contribution in [2.45, 2.75) is 39.7 Å². The van der Waals surface area contributed by atoms with Gasteiger partial charge in [-0.25, -0.2) is 8.42 Å². The van der Waals surface area contributed by atoms with Crippen LogP contribution in [-0.2, 0) is 10.0 Å². The van der Waals surface area contributed by atoms with Gasteiger partial charge in [-0.2, -0.15) is 0 Å². The summed E-state index contributed by atoms with van der Waals surface area (Å²) in [6.45, 7) is 5.75. The smallest absolute Gasteiger partial charge is 0.268 e. The third-order valence-electron chi connectivity index (χ3n) is 4.97. The highest BCUT2D eigenvalue weighted by Gasteiger charge is 2.18. The Kier molecular flexibility index (Phi) is 6.27. The fourth-order valence-electron chi connectivity index (χ4n) is 3.28. The molecule has 3 rings (SSSR count). The van der Waals surface area contributed by atoms with Crippen LogP contribution in [-0.4, -0.2) is 25.1 Å². The Bertz CT molecular complexity index is 1110. The second kappa shape index (κ2) is 8.69. The SMILES string of the molecule is CCCCS(=O)(=O)Nc1ccc2[nH]c(C(=O)N[C@@H](C)c3ccccc3)c(C)c2c1. The monoisotopic (exact) mass is 413 g/mol. The number of aryl methyl sites for hydroxylation is 1. The molecule has 3 aromatic rings. The van der Waals surface area contributed by atoms with Crippen LogP contribution in [0.4, 0.5) is 5.69 Å². The van der Waals surface area contributed by atoms with Crippen LogP contribution in [0.15, 0.2) is 48.5 Å². The average molecular weight is 414 g/mol. The van der Waals surface area contributed by atoms with Crippen LogP contribution in [0, 0.1) is 6.92 Å². The fourth-order valence-corrected chi connectivity index (χ4v) is 4.53. The number of aromatic amines is 1. The number of carbonyl (C=O) groups is 1. The minimum Gasteiger partial charge on any atom is -0.350 e. The molecule has 0 unspecified atom stereocenters. The molecule has 3 N–H and O–H groups in total. The maximum absolute atomic E-state index is 12.8. The van der Waals surface area contributed by atoms with Crippen molar-refractivity contribution >= 4 is 32.5 Å². The Morgan fingerprint density at radius 3 is 2.55 bits per heavy atom. The van der Waals surface area contributed by atoms with Gasteiger partial charge in [0.05, 0.1) is 11.8 Å². The second-order valence-corrected chi connectivity index (χ2v) is 9.11. The first kappa shape index (κ1) is 20.9. The molecular formula is C22H27N3O3S. The molecule has 1 atom stereocenters. The maximum atomic E-state index is 12.8. The van der Waals surface area contributed by atoms with E-state index < -0.39 is 10.0 Å². The Morgan fingerprint density at radius 1 is 1.14 bits per heavy atom. The molecule has 29 heavy (non-hydrogen) atoms. The van der Waals surface area contributed by atoms with Crippen LogP contribution in [0.1, 0.15) is 54.3 Å². The number of aromatic nitrogens is 1. The van der Waals surface area contributed by atoms with Crippen molar-refractivity contribution in [3.8, 4) is 0 Å². The van der Waals surface area contributed by atoms with E-state index in [1.165, 1.54) is 0 Å². The molecule has 0 spiro atoms. The van der Waals surface area contributed by atoms with E-state index in [9.17, 15) is 13.2 Å². The molecule has 0 radical (unpaired) electrons. The van der Waals surface area contributed by atoms with E-state index in [1.54, 1.807) is 18.2 Å². The van der Waals surface area contributed by atoms with Crippen LogP contribution < -0.4 is 10.0 Å². The minimum atomic E-state index is -3.37. The summed E-state index contributed by atoms with van der Waals surface area (Å²) < 4.78 is 27.0. The molecule has 7 heteroatoms. The Balaban J connectivity index is 1.81. The van der Waals surface area contributed by atoms with Gasteiger partial charge in [-0.3, -0.25) is 9.52 Å². The molecule has 0 aliphatic rings. The lowest BCUT2D eigenvalue weighted by atomic mass is 10.1. The molecular weight excluding hydrogens is 386 g/mol. The summed E-state index contributed by atoms with van der Waals surface area (Å²) in [4.78, 5) is 16.0. The van der Waals surface area contributed by atoms with E-state index in [-0.39, 0.29) is 17.7 Å². The van der Waals surface area contributed by atoms with E-state index in [4.69, 9.17) is 0 Å². The highest BCUT2D eigenvalue weighted by Crippen LogP contribution is 2.26. The highest BCUT2D eigenvalue weighted by molar-refractivity contribution is 7.92. The Labute approximate surface area is 171 Å². The van der Waals surface area contributed by atoms with Gasteiger partial charge in [0.2, 0.25) is 10.0 Å². The predicted octanol–water partition coefficient (Wildman–Crippen LogP) is 4.51. The third kappa shape index (κ3) is 4.98. The summed E-state index contributed by atoms with van der Waals surface area (Å²) >= 11 is 0. The number of nitrogens with one attached hydrogen (secondary N) is 3. The summed E-state index contributed by atoms with van der Waals surface area (Å²) in [6.07, 6.45) is 1.43. The molecule has 0 saturated carbocycles. The minimum absolute atomic E-state index is 0.0959. The third-order valence-corrected chi connectivity index (χ3v) is 6.35. The van der Waals surface area contributed by atoms with Crippen molar-refractivity contribution in [1.29, 1.82) is 0 Å². The lowest BCUT2D eigenvalue weighted by molar-refractivity contribution is 0.0935. The summed E-state index contributed by atoms with van der Waals surface area (Å²) in [5.74, 6) is -0.0984. The second-order valence-electron chi connectivity index (χ2n) is 7.27. The zero-order chi connectivity index (χ0) is 21.0. The number of benzene rings is 2. The Morgan fingerprint density at radius 2 is 1.86 bits per heavy atom. The van der Waals surface area contributed by atoms with Crippen molar-refractivity contribution in [2.75, 3.05) is 10.5 Å². The number of amides is 1. The number of sulfonamides is 1. The fraction of sp³-hybridized carbons (Fsp3) is 0.318. The number of hydrogen-bond donors (Lipinski definition) is 3. The molecule has 6 nitrogen and oxygen atoms in total. The number of rotatable bonds is 8. The van der Waals surface area contributed by atoms with Gasteiger partial charge in [-0.05, 0) is 49.6 Å². The number of anilines is 1. The van der Waals surface area contributed by atoms with Crippen LogP contribution >= 0.6 is 0 Å². The number of unbranched alkanes of at least 4 members (excludes halogenated alkanes) is 1. The molecule has 0 aliphatic carbocycles. The summed E-state index contributed by atoms with van der Waals surface area (Å²) in [6, 6.07) is 14.9. The van der Waals surface area contributed by atoms with Gasteiger partial charge < -0.3 is 10.3 Å².